The highest BCUT2D eigenvalue weighted by Gasteiger charge is 2.17. The van der Waals surface area contributed by atoms with E-state index in [1.807, 2.05) is 24.3 Å². The Morgan fingerprint density at radius 3 is 2.60 bits per heavy atom. The summed E-state index contributed by atoms with van der Waals surface area (Å²) in [7, 11) is 1.63. The van der Waals surface area contributed by atoms with Crippen LogP contribution in [0.15, 0.2) is 54.7 Å². The second-order valence-electron chi connectivity index (χ2n) is 6.28. The predicted molar refractivity (Wildman–Crippen MR) is 121 cm³/mol. The van der Waals surface area contributed by atoms with Gasteiger partial charge in [-0.2, -0.15) is 5.10 Å². The van der Waals surface area contributed by atoms with Crippen LogP contribution in [-0.4, -0.2) is 26.8 Å². The largest absolute Gasteiger partial charge is 0.497 e. The van der Waals surface area contributed by atoms with Crippen LogP contribution in [0, 0.1) is 13.8 Å². The van der Waals surface area contributed by atoms with Crippen LogP contribution in [0.5, 0.6) is 17.2 Å². The Morgan fingerprint density at radius 2 is 1.93 bits per heavy atom. The highest BCUT2D eigenvalue weighted by Crippen LogP contribution is 2.36. The number of halogens is 2. The molecular weight excluding hydrogens is 523 g/mol. The molecule has 0 atom stereocenters. The summed E-state index contributed by atoms with van der Waals surface area (Å²) in [5.41, 5.74) is 1.60. The third-order valence-electron chi connectivity index (χ3n) is 4.39. The van der Waals surface area contributed by atoms with Gasteiger partial charge in [0, 0.05) is 24.4 Å². The molecule has 0 fully saturated rings. The number of aromatic nitrogens is 3. The molecular formula is C20H14ClIN4O4. The minimum Gasteiger partial charge on any atom is -0.497 e. The minimum absolute atomic E-state index is 0.103. The number of methoxy groups -OCH3 is 1. The first-order valence-corrected chi connectivity index (χ1v) is 10.2. The quantitative estimate of drug-likeness (QED) is 0.185. The fourth-order valence-electron chi connectivity index (χ4n) is 2.93. The maximum absolute atomic E-state index is 10.9. The molecule has 30 heavy (non-hydrogen) atoms. The first kappa shape index (κ1) is 20.4. The lowest BCUT2D eigenvalue weighted by Crippen LogP contribution is -2.02. The SMILES string of the molecule is COc1ccc(Cn2nc(I)c3c(Oc4ccc([N+](=O)[O-])cc4Cl)ccnc32)cc1. The number of hydrogen-bond acceptors (Lipinski definition) is 6. The summed E-state index contributed by atoms with van der Waals surface area (Å²) in [6, 6.07) is 13.5. The average molecular weight is 537 g/mol. The third kappa shape index (κ3) is 4.03. The van der Waals surface area contributed by atoms with Crippen molar-refractivity contribution in [1.29, 1.82) is 0 Å². The van der Waals surface area contributed by atoms with E-state index in [9.17, 15) is 10.1 Å². The Kier molecular flexibility index (Phi) is 5.73. The van der Waals surface area contributed by atoms with Gasteiger partial charge >= 0.3 is 0 Å². The zero-order valence-corrected chi connectivity index (χ0v) is 18.5. The monoisotopic (exact) mass is 536 g/mol. The van der Waals surface area contributed by atoms with Gasteiger partial charge in [0.15, 0.2) is 5.65 Å². The van der Waals surface area contributed by atoms with Gasteiger partial charge in [0.05, 0.1) is 29.0 Å². The summed E-state index contributed by atoms with van der Waals surface area (Å²) in [4.78, 5) is 14.9. The van der Waals surface area contributed by atoms with Crippen molar-refractivity contribution in [2.24, 2.45) is 0 Å². The van der Waals surface area contributed by atoms with Gasteiger partial charge in [-0.25, -0.2) is 9.67 Å². The van der Waals surface area contributed by atoms with E-state index in [-0.39, 0.29) is 10.7 Å². The van der Waals surface area contributed by atoms with Crippen LogP contribution >= 0.6 is 34.2 Å². The van der Waals surface area contributed by atoms with E-state index in [2.05, 4.69) is 32.7 Å². The molecule has 4 aromatic rings. The van der Waals surface area contributed by atoms with E-state index in [1.54, 1.807) is 24.1 Å². The summed E-state index contributed by atoms with van der Waals surface area (Å²) in [5, 5.41) is 16.4. The average Bonchev–Trinajstić information content (AvgIpc) is 3.06. The van der Waals surface area contributed by atoms with Gasteiger partial charge in [-0.3, -0.25) is 10.1 Å². The molecule has 8 nitrogen and oxygen atoms in total. The summed E-state index contributed by atoms with van der Waals surface area (Å²) in [6.07, 6.45) is 1.62. The molecule has 0 aliphatic heterocycles. The fourth-order valence-corrected chi connectivity index (χ4v) is 3.91. The van der Waals surface area contributed by atoms with Crippen molar-refractivity contribution in [1.82, 2.24) is 14.8 Å². The van der Waals surface area contributed by atoms with Gasteiger partial charge in [0.25, 0.3) is 5.69 Å². The molecule has 152 valence electrons. The van der Waals surface area contributed by atoms with Crippen molar-refractivity contribution in [3.05, 3.63) is 79.1 Å². The topological polar surface area (TPSA) is 92.3 Å². The molecule has 0 spiro atoms. The number of nitro benzene ring substituents is 1. The van der Waals surface area contributed by atoms with Crippen LogP contribution < -0.4 is 9.47 Å². The summed E-state index contributed by atoms with van der Waals surface area (Å²) >= 11 is 8.30. The fraction of sp³-hybridized carbons (Fsp3) is 0.100. The molecule has 2 aromatic carbocycles. The number of rotatable bonds is 6. The van der Waals surface area contributed by atoms with E-state index in [4.69, 9.17) is 21.1 Å². The minimum atomic E-state index is -0.508. The number of nitrogens with zero attached hydrogens (tertiary/aromatic N) is 4. The zero-order valence-electron chi connectivity index (χ0n) is 15.6. The van der Waals surface area contributed by atoms with Gasteiger partial charge < -0.3 is 9.47 Å². The second kappa shape index (κ2) is 8.44. The summed E-state index contributed by atoms with van der Waals surface area (Å²) in [5.74, 6) is 1.61. The van der Waals surface area contributed by atoms with Crippen LogP contribution in [0.25, 0.3) is 11.0 Å². The first-order chi connectivity index (χ1) is 14.5. The Morgan fingerprint density at radius 1 is 1.17 bits per heavy atom. The number of non-ortho nitro benzene ring substituents is 1. The molecule has 0 radical (unpaired) electrons. The van der Waals surface area contributed by atoms with Gasteiger partial charge in [-0.05, 0) is 46.4 Å². The van der Waals surface area contributed by atoms with E-state index in [0.29, 0.717) is 23.7 Å². The van der Waals surface area contributed by atoms with E-state index in [0.717, 1.165) is 20.4 Å². The van der Waals surface area contributed by atoms with Crippen molar-refractivity contribution in [2.45, 2.75) is 6.54 Å². The number of nitro groups is 1. The third-order valence-corrected chi connectivity index (χ3v) is 5.44. The van der Waals surface area contributed by atoms with Crippen molar-refractivity contribution >= 4 is 50.9 Å². The maximum atomic E-state index is 10.9. The van der Waals surface area contributed by atoms with Gasteiger partial charge in [-0.15, -0.1) is 0 Å². The number of hydrogen-bond donors (Lipinski definition) is 0. The van der Waals surface area contributed by atoms with Crippen molar-refractivity contribution in [3.8, 4) is 17.2 Å². The normalized spacial score (nSPS) is 10.9. The Hall–Kier alpha value is -2.92. The molecule has 0 N–H and O–H groups in total. The Bertz CT molecular complexity index is 1240. The molecule has 0 aliphatic carbocycles. The highest BCUT2D eigenvalue weighted by atomic mass is 127. The molecule has 0 aliphatic rings. The van der Waals surface area contributed by atoms with E-state index in [1.165, 1.54) is 18.2 Å². The number of pyridine rings is 1. The van der Waals surface area contributed by atoms with Crippen LogP contribution in [0.1, 0.15) is 5.56 Å². The van der Waals surface area contributed by atoms with Gasteiger partial charge in [0.1, 0.15) is 20.9 Å². The molecule has 0 saturated heterocycles. The predicted octanol–water partition coefficient (Wildman–Crippen LogP) is 5.45. The summed E-state index contributed by atoms with van der Waals surface area (Å²) < 4.78 is 13.7. The van der Waals surface area contributed by atoms with Crippen LogP contribution in [-0.2, 0) is 6.54 Å². The number of ether oxygens (including phenoxy) is 2. The first-order valence-electron chi connectivity index (χ1n) is 8.72. The van der Waals surface area contributed by atoms with E-state index >= 15 is 0 Å². The van der Waals surface area contributed by atoms with Crippen LogP contribution in [0.4, 0.5) is 5.69 Å². The Balaban J connectivity index is 1.68. The second-order valence-corrected chi connectivity index (χ2v) is 7.71. The molecule has 0 saturated carbocycles. The summed E-state index contributed by atoms with van der Waals surface area (Å²) in [6.45, 7) is 0.526. The molecule has 10 heteroatoms. The number of fused-ring (bicyclic) bond motifs is 1. The highest BCUT2D eigenvalue weighted by molar-refractivity contribution is 14.1. The van der Waals surface area contributed by atoms with Gasteiger partial charge in [0.2, 0.25) is 0 Å². The van der Waals surface area contributed by atoms with Crippen LogP contribution in [0.2, 0.25) is 5.02 Å². The van der Waals surface area contributed by atoms with Gasteiger partial charge in [-0.1, -0.05) is 23.7 Å². The molecule has 0 amide bonds. The van der Waals surface area contributed by atoms with Crippen molar-refractivity contribution in [2.75, 3.05) is 7.11 Å². The maximum Gasteiger partial charge on any atom is 0.271 e. The molecule has 0 bridgehead atoms. The standard InChI is InChI=1S/C20H14ClIN4O4/c1-29-14-5-2-12(3-6-14)11-25-20-18(19(22)24-25)17(8-9-23-20)30-16-7-4-13(26(27)28)10-15(16)21/h2-10H,11H2,1H3. The lowest BCUT2D eigenvalue weighted by molar-refractivity contribution is -0.384. The number of benzene rings is 2. The molecule has 2 heterocycles. The smallest absolute Gasteiger partial charge is 0.271 e. The Labute approximate surface area is 189 Å². The van der Waals surface area contributed by atoms with Crippen LogP contribution in [0.3, 0.4) is 0 Å². The van der Waals surface area contributed by atoms with E-state index < -0.39 is 4.92 Å². The molecule has 0 unspecified atom stereocenters. The molecule has 4 rings (SSSR count). The molecule has 2 aromatic heterocycles. The lowest BCUT2D eigenvalue weighted by Gasteiger charge is -2.09. The van der Waals surface area contributed by atoms with Crippen molar-refractivity contribution in [3.63, 3.8) is 0 Å². The van der Waals surface area contributed by atoms with Crippen molar-refractivity contribution < 1.29 is 14.4 Å². The zero-order chi connectivity index (χ0) is 21.3. The lowest BCUT2D eigenvalue weighted by atomic mass is 10.2.